The van der Waals surface area contributed by atoms with Crippen LogP contribution in [0.4, 0.5) is 26.3 Å². The molecule has 24 heavy (non-hydrogen) atoms. The summed E-state index contributed by atoms with van der Waals surface area (Å²) in [7, 11) is 0. The lowest BCUT2D eigenvalue weighted by molar-refractivity contribution is -0.274. The van der Waals surface area contributed by atoms with Crippen molar-refractivity contribution in [3.8, 4) is 16.9 Å². The Morgan fingerprint density at radius 2 is 1.54 bits per heavy atom. The Bertz CT molecular complexity index is 767. The molecule has 2 nitrogen and oxygen atoms in total. The molecule has 0 amide bonds. The van der Waals surface area contributed by atoms with Crippen molar-refractivity contribution >= 4 is 16.8 Å². The summed E-state index contributed by atoms with van der Waals surface area (Å²) < 4.78 is 79.8. The quantitative estimate of drug-likeness (QED) is 0.517. The minimum atomic E-state index is -5.05. The van der Waals surface area contributed by atoms with Crippen molar-refractivity contribution in [1.82, 2.24) is 0 Å². The van der Waals surface area contributed by atoms with Gasteiger partial charge in [-0.3, -0.25) is 4.79 Å². The number of benzene rings is 2. The highest BCUT2D eigenvalue weighted by atomic mass is 35.5. The molecule has 0 N–H and O–H groups in total. The molecular formula is C15H7ClF6O2. The Morgan fingerprint density at radius 3 is 2.08 bits per heavy atom. The Morgan fingerprint density at radius 1 is 0.917 bits per heavy atom. The minimum absolute atomic E-state index is 0.343. The maximum atomic E-state index is 12.9. The standard InChI is InChI=1S/C15H7ClF6O2/c16-13(23)10-6-5-8(14(17,18)19)7-11(10)9-3-1-2-4-12(9)24-15(20,21)22/h1-7H. The summed E-state index contributed by atoms with van der Waals surface area (Å²) in [5.74, 6) is -0.747. The molecule has 0 aliphatic heterocycles. The number of rotatable bonds is 3. The van der Waals surface area contributed by atoms with Crippen molar-refractivity contribution in [2.75, 3.05) is 0 Å². The van der Waals surface area contributed by atoms with Gasteiger partial charge in [-0.25, -0.2) is 0 Å². The molecule has 0 atom stereocenters. The van der Waals surface area contributed by atoms with E-state index in [1.807, 2.05) is 0 Å². The molecule has 0 saturated heterocycles. The van der Waals surface area contributed by atoms with Crippen LogP contribution in [0.25, 0.3) is 11.1 Å². The maximum absolute atomic E-state index is 12.9. The molecular weight excluding hydrogens is 362 g/mol. The van der Waals surface area contributed by atoms with E-state index in [4.69, 9.17) is 11.6 Å². The molecule has 0 spiro atoms. The summed E-state index contributed by atoms with van der Waals surface area (Å²) in [6.07, 6.45) is -9.80. The van der Waals surface area contributed by atoms with Crippen molar-refractivity contribution in [1.29, 1.82) is 0 Å². The van der Waals surface area contributed by atoms with Crippen molar-refractivity contribution in [2.24, 2.45) is 0 Å². The maximum Gasteiger partial charge on any atom is 0.573 e. The van der Waals surface area contributed by atoms with Gasteiger partial charge in [-0.15, -0.1) is 13.2 Å². The number of hydrogen-bond acceptors (Lipinski definition) is 2. The number of alkyl halides is 6. The van der Waals surface area contributed by atoms with Gasteiger partial charge in [0.1, 0.15) is 5.75 Å². The molecule has 0 saturated carbocycles. The van der Waals surface area contributed by atoms with Crippen molar-refractivity contribution in [3.05, 3.63) is 53.6 Å². The van der Waals surface area contributed by atoms with Crippen LogP contribution in [0.1, 0.15) is 15.9 Å². The third-order valence-electron chi connectivity index (χ3n) is 2.96. The van der Waals surface area contributed by atoms with E-state index in [1.165, 1.54) is 12.1 Å². The molecule has 0 aliphatic carbocycles. The molecule has 128 valence electrons. The van der Waals surface area contributed by atoms with Crippen LogP contribution in [0.5, 0.6) is 5.75 Å². The molecule has 0 aliphatic rings. The fraction of sp³-hybridized carbons (Fsp3) is 0.133. The van der Waals surface area contributed by atoms with E-state index in [9.17, 15) is 31.1 Å². The van der Waals surface area contributed by atoms with Crippen LogP contribution in [-0.2, 0) is 6.18 Å². The highest BCUT2D eigenvalue weighted by molar-refractivity contribution is 6.68. The molecule has 0 unspecified atom stereocenters. The first-order valence-corrected chi connectivity index (χ1v) is 6.63. The normalized spacial score (nSPS) is 12.1. The number of carbonyl (C=O) groups is 1. The number of hydrogen-bond donors (Lipinski definition) is 0. The van der Waals surface area contributed by atoms with Crippen LogP contribution >= 0.6 is 11.6 Å². The number of carbonyl (C=O) groups excluding carboxylic acids is 1. The largest absolute Gasteiger partial charge is 0.573 e. The predicted octanol–water partition coefficient (Wildman–Crippen LogP) is 5.65. The van der Waals surface area contributed by atoms with Crippen molar-refractivity contribution in [2.45, 2.75) is 12.5 Å². The third-order valence-corrected chi connectivity index (χ3v) is 3.17. The highest BCUT2D eigenvalue weighted by Gasteiger charge is 2.34. The Balaban J connectivity index is 2.69. The van der Waals surface area contributed by atoms with Gasteiger partial charge in [-0.2, -0.15) is 13.2 Å². The van der Waals surface area contributed by atoms with E-state index >= 15 is 0 Å². The van der Waals surface area contributed by atoms with E-state index in [1.54, 1.807) is 0 Å². The number of ether oxygens (including phenoxy) is 1. The molecule has 2 aromatic carbocycles. The first-order chi connectivity index (χ1) is 11.0. The SMILES string of the molecule is O=C(Cl)c1ccc(C(F)(F)F)cc1-c1ccccc1OC(F)(F)F. The van der Waals surface area contributed by atoms with E-state index < -0.39 is 34.7 Å². The first kappa shape index (κ1) is 18.1. The van der Waals surface area contributed by atoms with Gasteiger partial charge in [0.25, 0.3) is 5.24 Å². The van der Waals surface area contributed by atoms with Gasteiger partial charge in [0, 0.05) is 11.1 Å². The second-order valence-corrected chi connectivity index (χ2v) is 4.92. The Labute approximate surface area is 136 Å². The topological polar surface area (TPSA) is 26.3 Å². The smallest absolute Gasteiger partial charge is 0.405 e. The molecule has 9 heteroatoms. The van der Waals surface area contributed by atoms with Gasteiger partial charge in [0.2, 0.25) is 0 Å². The fourth-order valence-electron chi connectivity index (χ4n) is 2.02. The summed E-state index contributed by atoms with van der Waals surface area (Å²) in [6, 6.07) is 6.49. The zero-order valence-corrected chi connectivity index (χ0v) is 12.3. The molecule has 0 heterocycles. The fourth-order valence-corrected chi connectivity index (χ4v) is 2.18. The van der Waals surface area contributed by atoms with Gasteiger partial charge in [-0.1, -0.05) is 18.2 Å². The monoisotopic (exact) mass is 368 g/mol. The molecule has 0 fully saturated rings. The van der Waals surface area contributed by atoms with Crippen LogP contribution in [-0.4, -0.2) is 11.6 Å². The zero-order valence-electron chi connectivity index (χ0n) is 11.5. The molecule has 2 rings (SSSR count). The summed E-state index contributed by atoms with van der Waals surface area (Å²) >= 11 is 5.33. The summed E-state index contributed by atoms with van der Waals surface area (Å²) in [5, 5.41) is -1.11. The van der Waals surface area contributed by atoms with E-state index in [0.29, 0.717) is 12.1 Å². The van der Waals surface area contributed by atoms with Gasteiger partial charge in [0.05, 0.1) is 5.56 Å². The van der Waals surface area contributed by atoms with Gasteiger partial charge < -0.3 is 4.74 Å². The van der Waals surface area contributed by atoms with Crippen LogP contribution in [0.3, 0.4) is 0 Å². The Hall–Kier alpha value is -2.22. The van der Waals surface area contributed by atoms with Crippen LogP contribution in [0, 0.1) is 0 Å². The number of para-hydroxylation sites is 1. The summed E-state index contributed by atoms with van der Waals surface area (Å²) in [4.78, 5) is 11.4. The van der Waals surface area contributed by atoms with Gasteiger partial charge in [-0.05, 0) is 41.4 Å². The van der Waals surface area contributed by atoms with E-state index in [2.05, 4.69) is 4.74 Å². The van der Waals surface area contributed by atoms with E-state index in [0.717, 1.165) is 18.2 Å². The molecule has 2 aromatic rings. The van der Waals surface area contributed by atoms with Crippen LogP contribution < -0.4 is 4.74 Å². The lowest BCUT2D eigenvalue weighted by Crippen LogP contribution is -2.17. The Kier molecular flexibility index (Phi) is 4.80. The first-order valence-electron chi connectivity index (χ1n) is 6.25. The summed E-state index contributed by atoms with van der Waals surface area (Å²) in [5.41, 5.74) is -2.27. The minimum Gasteiger partial charge on any atom is -0.405 e. The van der Waals surface area contributed by atoms with Gasteiger partial charge in [0.15, 0.2) is 0 Å². The van der Waals surface area contributed by atoms with Crippen LogP contribution in [0.2, 0.25) is 0 Å². The van der Waals surface area contributed by atoms with Crippen molar-refractivity contribution < 1.29 is 35.9 Å². The zero-order chi connectivity index (χ0) is 18.1. The van der Waals surface area contributed by atoms with E-state index in [-0.39, 0.29) is 11.1 Å². The average Bonchev–Trinajstić information content (AvgIpc) is 2.44. The molecule has 0 radical (unpaired) electrons. The predicted molar refractivity (Wildman–Crippen MR) is 73.7 cm³/mol. The van der Waals surface area contributed by atoms with Gasteiger partial charge >= 0.3 is 12.5 Å². The average molecular weight is 369 g/mol. The van der Waals surface area contributed by atoms with Crippen molar-refractivity contribution in [3.63, 3.8) is 0 Å². The molecule has 0 aromatic heterocycles. The van der Waals surface area contributed by atoms with Crippen LogP contribution in [0.15, 0.2) is 42.5 Å². The highest BCUT2D eigenvalue weighted by Crippen LogP contribution is 2.39. The number of halogens is 7. The third kappa shape index (κ3) is 4.19. The second-order valence-electron chi connectivity index (χ2n) is 4.58. The molecule has 0 bridgehead atoms. The lowest BCUT2D eigenvalue weighted by Gasteiger charge is -2.16. The lowest BCUT2D eigenvalue weighted by atomic mass is 9.97. The second kappa shape index (κ2) is 6.35. The summed E-state index contributed by atoms with van der Waals surface area (Å²) in [6.45, 7) is 0.